The summed E-state index contributed by atoms with van der Waals surface area (Å²) in [6.07, 6.45) is 0.710. The molecule has 0 saturated heterocycles. The van der Waals surface area contributed by atoms with Crippen LogP contribution in [0.5, 0.6) is 0 Å². The fraction of sp³-hybridized carbons (Fsp3) is 0.273. The van der Waals surface area contributed by atoms with Gasteiger partial charge in [-0.3, -0.25) is 9.59 Å². The number of hydrogen-bond donors (Lipinski definition) is 3. The van der Waals surface area contributed by atoms with Crippen LogP contribution in [0.4, 0.5) is 5.69 Å². The number of rotatable bonds is 5. The number of primary amides is 1. The molecular formula is C11H13Cl2N3O2. The molecule has 5 nitrogen and oxygen atoms in total. The van der Waals surface area contributed by atoms with E-state index in [1.165, 1.54) is 12.1 Å². The molecule has 0 spiro atoms. The largest absolute Gasteiger partial charge is 0.397 e. The van der Waals surface area contributed by atoms with Crippen LogP contribution in [0.2, 0.25) is 10.0 Å². The van der Waals surface area contributed by atoms with Gasteiger partial charge in [-0.1, -0.05) is 23.2 Å². The van der Waals surface area contributed by atoms with Gasteiger partial charge in [0.05, 0.1) is 15.7 Å². The molecule has 2 amide bonds. The molecule has 18 heavy (non-hydrogen) atoms. The van der Waals surface area contributed by atoms with Gasteiger partial charge in [-0.05, 0) is 18.6 Å². The molecule has 0 unspecified atom stereocenters. The minimum Gasteiger partial charge on any atom is -0.397 e. The van der Waals surface area contributed by atoms with Crippen LogP contribution >= 0.6 is 23.2 Å². The van der Waals surface area contributed by atoms with Crippen molar-refractivity contribution in [2.24, 2.45) is 5.73 Å². The van der Waals surface area contributed by atoms with Crippen LogP contribution in [0, 0.1) is 0 Å². The second-order valence-electron chi connectivity index (χ2n) is 3.69. The quantitative estimate of drug-likeness (QED) is 0.567. The Bertz CT molecular complexity index is 454. The molecule has 0 fully saturated rings. The maximum atomic E-state index is 11.7. The van der Waals surface area contributed by atoms with Crippen molar-refractivity contribution < 1.29 is 9.59 Å². The number of nitrogens with one attached hydrogen (secondary N) is 1. The van der Waals surface area contributed by atoms with Gasteiger partial charge in [0.1, 0.15) is 0 Å². The van der Waals surface area contributed by atoms with E-state index in [0.717, 1.165) is 0 Å². The summed E-state index contributed by atoms with van der Waals surface area (Å²) < 4.78 is 0. The number of benzene rings is 1. The zero-order valence-electron chi connectivity index (χ0n) is 9.50. The van der Waals surface area contributed by atoms with Gasteiger partial charge < -0.3 is 16.8 Å². The van der Waals surface area contributed by atoms with E-state index < -0.39 is 5.91 Å². The van der Waals surface area contributed by atoms with Crippen LogP contribution in [0.15, 0.2) is 12.1 Å². The van der Waals surface area contributed by atoms with E-state index in [9.17, 15) is 9.59 Å². The number of nitrogen functional groups attached to an aromatic ring is 1. The molecule has 0 saturated carbocycles. The van der Waals surface area contributed by atoms with Gasteiger partial charge in [0.25, 0.3) is 5.91 Å². The molecule has 0 heterocycles. The topological polar surface area (TPSA) is 98.2 Å². The first-order valence-electron chi connectivity index (χ1n) is 5.23. The lowest BCUT2D eigenvalue weighted by Crippen LogP contribution is -2.25. The van der Waals surface area contributed by atoms with E-state index in [1.807, 2.05) is 0 Å². The predicted octanol–water partition coefficient (Wildman–Crippen LogP) is 1.57. The highest BCUT2D eigenvalue weighted by molar-refractivity contribution is 6.43. The fourth-order valence-electron chi connectivity index (χ4n) is 1.31. The molecule has 0 aromatic heterocycles. The van der Waals surface area contributed by atoms with Gasteiger partial charge in [0.15, 0.2) is 0 Å². The van der Waals surface area contributed by atoms with Gasteiger partial charge in [-0.25, -0.2) is 0 Å². The average molecular weight is 290 g/mol. The van der Waals surface area contributed by atoms with Crippen LogP contribution in [0.3, 0.4) is 0 Å². The maximum Gasteiger partial charge on any atom is 0.251 e. The number of carbonyl (C=O) groups is 2. The van der Waals surface area contributed by atoms with Crippen LogP contribution in [0.1, 0.15) is 23.2 Å². The van der Waals surface area contributed by atoms with E-state index in [-0.39, 0.29) is 28.1 Å². The van der Waals surface area contributed by atoms with E-state index in [2.05, 4.69) is 5.32 Å². The van der Waals surface area contributed by atoms with Crippen molar-refractivity contribution in [2.45, 2.75) is 12.8 Å². The van der Waals surface area contributed by atoms with Gasteiger partial charge in [0.2, 0.25) is 5.91 Å². The Hall–Kier alpha value is -1.46. The number of nitrogens with two attached hydrogens (primary N) is 2. The minimum atomic E-state index is -0.400. The number of amides is 2. The van der Waals surface area contributed by atoms with Crippen molar-refractivity contribution in [1.82, 2.24) is 5.32 Å². The van der Waals surface area contributed by atoms with Crippen molar-refractivity contribution in [1.29, 1.82) is 0 Å². The van der Waals surface area contributed by atoms with Crippen LogP contribution in [-0.4, -0.2) is 18.4 Å². The Morgan fingerprint density at radius 3 is 2.50 bits per heavy atom. The molecule has 1 rings (SSSR count). The van der Waals surface area contributed by atoms with Crippen LogP contribution < -0.4 is 16.8 Å². The lowest BCUT2D eigenvalue weighted by Gasteiger charge is -2.07. The lowest BCUT2D eigenvalue weighted by atomic mass is 10.2. The summed E-state index contributed by atoms with van der Waals surface area (Å²) >= 11 is 11.6. The molecule has 0 aliphatic carbocycles. The van der Waals surface area contributed by atoms with Crippen molar-refractivity contribution >= 4 is 40.7 Å². The van der Waals surface area contributed by atoms with E-state index in [1.54, 1.807) is 0 Å². The zero-order chi connectivity index (χ0) is 13.7. The summed E-state index contributed by atoms with van der Waals surface area (Å²) in [6.45, 7) is 0.349. The van der Waals surface area contributed by atoms with Gasteiger partial charge >= 0.3 is 0 Å². The van der Waals surface area contributed by atoms with Gasteiger partial charge in [0, 0.05) is 18.5 Å². The number of hydrogen-bond acceptors (Lipinski definition) is 3. The van der Waals surface area contributed by atoms with E-state index in [0.29, 0.717) is 18.5 Å². The molecule has 5 N–H and O–H groups in total. The van der Waals surface area contributed by atoms with Crippen molar-refractivity contribution in [3.63, 3.8) is 0 Å². The Balaban J connectivity index is 2.59. The molecule has 1 aromatic rings. The van der Waals surface area contributed by atoms with E-state index >= 15 is 0 Å². The first-order valence-corrected chi connectivity index (χ1v) is 5.98. The first-order chi connectivity index (χ1) is 8.41. The molecular weight excluding hydrogens is 277 g/mol. The van der Waals surface area contributed by atoms with Crippen LogP contribution in [0.25, 0.3) is 0 Å². The number of halogens is 2. The standard InChI is InChI=1S/C11H13Cl2N3O2/c12-7-4-6(5-8(14)10(7)13)11(18)16-3-1-2-9(15)17/h4-5H,1-3,14H2,(H2,15,17)(H,16,18). The lowest BCUT2D eigenvalue weighted by molar-refractivity contribution is -0.118. The highest BCUT2D eigenvalue weighted by Gasteiger charge is 2.10. The predicted molar refractivity (Wildman–Crippen MR) is 71.6 cm³/mol. The minimum absolute atomic E-state index is 0.221. The molecule has 1 aromatic carbocycles. The third-order valence-electron chi connectivity index (χ3n) is 2.20. The first kappa shape index (κ1) is 14.6. The van der Waals surface area contributed by atoms with E-state index in [4.69, 9.17) is 34.7 Å². The third-order valence-corrected chi connectivity index (χ3v) is 3.02. The van der Waals surface area contributed by atoms with Crippen LogP contribution in [-0.2, 0) is 4.79 Å². The summed E-state index contributed by atoms with van der Waals surface area (Å²) in [4.78, 5) is 22.2. The second-order valence-corrected chi connectivity index (χ2v) is 4.47. The van der Waals surface area contributed by atoms with Gasteiger partial charge in [-0.15, -0.1) is 0 Å². The fourth-order valence-corrected chi connectivity index (χ4v) is 1.64. The molecule has 0 radical (unpaired) electrons. The van der Waals surface area contributed by atoms with Crippen molar-refractivity contribution in [2.75, 3.05) is 12.3 Å². The third kappa shape index (κ3) is 4.09. The summed E-state index contributed by atoms with van der Waals surface area (Å²) in [7, 11) is 0. The highest BCUT2D eigenvalue weighted by Crippen LogP contribution is 2.29. The molecule has 98 valence electrons. The summed E-state index contributed by atoms with van der Waals surface area (Å²) in [6, 6.07) is 2.88. The number of anilines is 1. The van der Waals surface area contributed by atoms with Gasteiger partial charge in [-0.2, -0.15) is 0 Å². The number of carbonyl (C=O) groups excluding carboxylic acids is 2. The molecule has 0 bridgehead atoms. The van der Waals surface area contributed by atoms with Crippen molar-refractivity contribution in [3.05, 3.63) is 27.7 Å². The normalized spacial score (nSPS) is 10.1. The Kier molecular flexibility index (Phi) is 5.25. The molecule has 0 aliphatic heterocycles. The monoisotopic (exact) mass is 289 g/mol. The SMILES string of the molecule is NC(=O)CCCNC(=O)c1cc(N)c(Cl)c(Cl)c1. The summed E-state index contributed by atoms with van der Waals surface area (Å²) in [5, 5.41) is 3.07. The Labute approximate surface area is 114 Å². The Morgan fingerprint density at radius 2 is 1.94 bits per heavy atom. The highest BCUT2D eigenvalue weighted by atomic mass is 35.5. The maximum absolute atomic E-state index is 11.7. The zero-order valence-corrected chi connectivity index (χ0v) is 11.0. The summed E-state index contributed by atoms with van der Waals surface area (Å²) in [5.41, 5.74) is 11.1. The molecule has 7 heteroatoms. The second kappa shape index (κ2) is 6.47. The van der Waals surface area contributed by atoms with Crippen molar-refractivity contribution in [3.8, 4) is 0 Å². The average Bonchev–Trinajstić information content (AvgIpc) is 2.30. The molecule has 0 atom stereocenters. The Morgan fingerprint density at radius 1 is 1.28 bits per heavy atom. The smallest absolute Gasteiger partial charge is 0.251 e. The summed E-state index contributed by atoms with van der Waals surface area (Å²) in [5.74, 6) is -0.729. The molecule has 0 aliphatic rings.